The SMILES string of the molecule is C[CH2][Sn]([CH2]C)([CH2]C)[CH2]C(=O)N(C)C. The molecule has 13 heavy (non-hydrogen) atoms. The van der Waals surface area contributed by atoms with E-state index in [1.165, 1.54) is 13.3 Å². The Morgan fingerprint density at radius 3 is 1.69 bits per heavy atom. The van der Waals surface area contributed by atoms with Gasteiger partial charge in [-0.2, -0.15) is 0 Å². The summed E-state index contributed by atoms with van der Waals surface area (Å²) in [5.74, 6) is 0.348. The molecule has 3 heteroatoms. The third-order valence-corrected chi connectivity index (χ3v) is 19.1. The predicted octanol–water partition coefficient (Wildman–Crippen LogP) is 2.58. The van der Waals surface area contributed by atoms with E-state index in [2.05, 4.69) is 20.8 Å². The van der Waals surface area contributed by atoms with Crippen LogP contribution in [0.5, 0.6) is 0 Å². The summed E-state index contributed by atoms with van der Waals surface area (Å²) in [4.78, 5) is 13.4. The number of hydrogen-bond donors (Lipinski definition) is 0. The molecule has 0 aromatic rings. The standard InChI is InChI=1S/C4H8NO.3C2H5.Sn/c1-4(6)5(2)3;3*1-2;/h1H2,2-3H3;3*1H2,2H3;. The first-order valence-electron chi connectivity index (χ1n) is 5.21. The van der Waals surface area contributed by atoms with Gasteiger partial charge in [-0.15, -0.1) is 0 Å². The van der Waals surface area contributed by atoms with Crippen LogP contribution >= 0.6 is 0 Å². The van der Waals surface area contributed by atoms with Crippen molar-refractivity contribution in [1.82, 2.24) is 4.90 Å². The fraction of sp³-hybridized carbons (Fsp3) is 0.900. The van der Waals surface area contributed by atoms with Gasteiger partial charge in [0.15, 0.2) is 0 Å². The van der Waals surface area contributed by atoms with Crippen molar-refractivity contribution in [2.24, 2.45) is 0 Å². The average molecular weight is 292 g/mol. The van der Waals surface area contributed by atoms with Crippen LogP contribution in [0, 0.1) is 0 Å². The second kappa shape index (κ2) is 5.89. The Kier molecular flexibility index (Phi) is 6.01. The molecule has 0 spiro atoms. The molecular formula is C10H23NOSn. The molecule has 0 aliphatic heterocycles. The van der Waals surface area contributed by atoms with Gasteiger partial charge in [0.2, 0.25) is 0 Å². The summed E-state index contributed by atoms with van der Waals surface area (Å²) in [5, 5.41) is 0. The maximum absolute atomic E-state index is 11.6. The number of carbonyl (C=O) groups is 1. The van der Waals surface area contributed by atoms with Gasteiger partial charge in [0.05, 0.1) is 0 Å². The third-order valence-electron chi connectivity index (χ3n) is 3.28. The molecule has 0 aromatic heterocycles. The van der Waals surface area contributed by atoms with E-state index in [-0.39, 0.29) is 0 Å². The molecule has 0 N–H and O–H groups in total. The first-order chi connectivity index (χ1) is 6.01. The quantitative estimate of drug-likeness (QED) is 0.713. The van der Waals surface area contributed by atoms with E-state index in [1.807, 2.05) is 14.1 Å². The van der Waals surface area contributed by atoms with Crippen LogP contribution in [0.3, 0.4) is 0 Å². The molecule has 1 amide bonds. The Hall–Kier alpha value is 0.269. The summed E-state index contributed by atoms with van der Waals surface area (Å²) in [6.07, 6.45) is 0. The maximum atomic E-state index is 11.6. The molecule has 0 saturated carbocycles. The summed E-state index contributed by atoms with van der Waals surface area (Å²) in [5.41, 5.74) is 0. The minimum absolute atomic E-state index is 0.348. The van der Waals surface area contributed by atoms with Gasteiger partial charge in [-0.05, 0) is 0 Å². The number of hydrogen-bond acceptors (Lipinski definition) is 1. The molecule has 0 saturated heterocycles. The number of amides is 1. The predicted molar refractivity (Wildman–Crippen MR) is 60.7 cm³/mol. The molecule has 0 radical (unpaired) electrons. The van der Waals surface area contributed by atoms with Gasteiger partial charge in [0.25, 0.3) is 0 Å². The molecule has 0 aliphatic carbocycles. The Balaban J connectivity index is 4.33. The van der Waals surface area contributed by atoms with Gasteiger partial charge < -0.3 is 0 Å². The second-order valence-corrected chi connectivity index (χ2v) is 19.7. The topological polar surface area (TPSA) is 20.3 Å². The van der Waals surface area contributed by atoms with Gasteiger partial charge in [0.1, 0.15) is 0 Å². The van der Waals surface area contributed by atoms with E-state index in [4.69, 9.17) is 0 Å². The molecule has 0 unspecified atom stereocenters. The molecule has 0 fully saturated rings. The minimum atomic E-state index is -1.99. The van der Waals surface area contributed by atoms with Gasteiger partial charge in [-0.1, -0.05) is 0 Å². The molecule has 0 aromatic carbocycles. The first-order valence-corrected chi connectivity index (χ1v) is 13.3. The van der Waals surface area contributed by atoms with Crippen molar-refractivity contribution >= 4 is 24.3 Å². The molecule has 0 bridgehead atoms. The zero-order valence-corrected chi connectivity index (χ0v) is 12.5. The van der Waals surface area contributed by atoms with Crippen molar-refractivity contribution in [2.45, 2.75) is 38.5 Å². The van der Waals surface area contributed by atoms with Crippen molar-refractivity contribution in [3.63, 3.8) is 0 Å². The first kappa shape index (κ1) is 13.3. The Morgan fingerprint density at radius 1 is 1.08 bits per heavy atom. The molecule has 0 aliphatic rings. The Morgan fingerprint density at radius 2 is 1.46 bits per heavy atom. The molecule has 78 valence electrons. The monoisotopic (exact) mass is 293 g/mol. The molecule has 0 rings (SSSR count). The molecule has 2 nitrogen and oxygen atoms in total. The van der Waals surface area contributed by atoms with E-state index in [1.54, 1.807) is 4.90 Å². The van der Waals surface area contributed by atoms with Crippen molar-refractivity contribution in [1.29, 1.82) is 0 Å². The van der Waals surface area contributed by atoms with E-state index in [0.717, 1.165) is 4.44 Å². The van der Waals surface area contributed by atoms with Crippen LogP contribution in [0.2, 0.25) is 17.7 Å². The normalized spacial score (nSPS) is 11.5. The number of carbonyl (C=O) groups excluding carboxylic acids is 1. The van der Waals surface area contributed by atoms with E-state index < -0.39 is 18.4 Å². The summed E-state index contributed by atoms with van der Waals surface area (Å²) >= 11 is -1.99. The van der Waals surface area contributed by atoms with E-state index in [9.17, 15) is 4.79 Å². The van der Waals surface area contributed by atoms with Crippen molar-refractivity contribution < 1.29 is 4.79 Å². The van der Waals surface area contributed by atoms with Crippen molar-refractivity contribution in [2.75, 3.05) is 14.1 Å². The van der Waals surface area contributed by atoms with Gasteiger partial charge in [-0.3, -0.25) is 0 Å². The van der Waals surface area contributed by atoms with Gasteiger partial charge in [-0.25, -0.2) is 0 Å². The summed E-state index contributed by atoms with van der Waals surface area (Å²) in [6.45, 7) is 6.81. The Labute approximate surface area is 86.6 Å². The van der Waals surface area contributed by atoms with E-state index in [0.29, 0.717) is 5.91 Å². The summed E-state index contributed by atoms with van der Waals surface area (Å²) in [7, 11) is 3.72. The van der Waals surface area contributed by atoms with Crippen LogP contribution in [-0.4, -0.2) is 43.3 Å². The van der Waals surface area contributed by atoms with Crippen molar-refractivity contribution in [3.8, 4) is 0 Å². The van der Waals surface area contributed by atoms with Gasteiger partial charge >= 0.3 is 86.6 Å². The summed E-state index contributed by atoms with van der Waals surface area (Å²) in [6, 6.07) is 0. The van der Waals surface area contributed by atoms with Gasteiger partial charge in [0, 0.05) is 0 Å². The zero-order chi connectivity index (χ0) is 10.5. The van der Waals surface area contributed by atoms with Crippen LogP contribution in [0.15, 0.2) is 0 Å². The zero-order valence-electron chi connectivity index (χ0n) is 9.68. The molecular weight excluding hydrogens is 269 g/mol. The van der Waals surface area contributed by atoms with Crippen LogP contribution in [-0.2, 0) is 4.79 Å². The number of nitrogens with zero attached hydrogens (tertiary/aromatic N) is 1. The van der Waals surface area contributed by atoms with Crippen molar-refractivity contribution in [3.05, 3.63) is 0 Å². The van der Waals surface area contributed by atoms with Crippen LogP contribution < -0.4 is 0 Å². The fourth-order valence-corrected chi connectivity index (χ4v) is 10.8. The van der Waals surface area contributed by atoms with Crippen LogP contribution in [0.25, 0.3) is 0 Å². The number of rotatable bonds is 5. The van der Waals surface area contributed by atoms with Crippen LogP contribution in [0.1, 0.15) is 20.8 Å². The second-order valence-electron chi connectivity index (χ2n) is 4.03. The molecule has 0 atom stereocenters. The third kappa shape index (κ3) is 3.88. The fourth-order valence-electron chi connectivity index (χ4n) is 1.60. The average Bonchev–Trinajstić information content (AvgIpc) is 2.14. The van der Waals surface area contributed by atoms with E-state index >= 15 is 0 Å². The summed E-state index contributed by atoms with van der Waals surface area (Å²) < 4.78 is 4.83. The molecule has 0 heterocycles. The Bertz CT molecular complexity index is 156. The van der Waals surface area contributed by atoms with Crippen LogP contribution in [0.4, 0.5) is 0 Å².